The Bertz CT molecular complexity index is 856. The maximum atomic E-state index is 13.7. The van der Waals surface area contributed by atoms with E-state index in [4.69, 9.17) is 21.1 Å². The molecule has 122 valence electrons. The van der Waals surface area contributed by atoms with Crippen LogP contribution in [0.25, 0.3) is 6.08 Å². The molecule has 1 heterocycles. The average molecular weight is 345 g/mol. The first-order valence-corrected chi connectivity index (χ1v) is 7.63. The van der Waals surface area contributed by atoms with Crippen molar-refractivity contribution in [3.8, 4) is 11.5 Å². The van der Waals surface area contributed by atoms with Crippen molar-refractivity contribution in [2.75, 3.05) is 13.7 Å². The zero-order chi connectivity index (χ0) is 17.1. The van der Waals surface area contributed by atoms with Crippen molar-refractivity contribution in [2.45, 2.75) is 0 Å². The van der Waals surface area contributed by atoms with Gasteiger partial charge >= 0.3 is 0 Å². The fourth-order valence-electron chi connectivity index (χ4n) is 2.36. The molecule has 0 atom stereocenters. The summed E-state index contributed by atoms with van der Waals surface area (Å²) in [5, 5.41) is 0.614. The van der Waals surface area contributed by atoms with Crippen molar-refractivity contribution < 1.29 is 18.7 Å². The van der Waals surface area contributed by atoms with E-state index >= 15 is 0 Å². The van der Waals surface area contributed by atoms with Crippen LogP contribution >= 0.6 is 11.6 Å². The summed E-state index contributed by atoms with van der Waals surface area (Å²) in [6.07, 6.45) is 4.96. The zero-order valence-electron chi connectivity index (χ0n) is 12.9. The summed E-state index contributed by atoms with van der Waals surface area (Å²) in [7, 11) is 1.37. The van der Waals surface area contributed by atoms with Crippen molar-refractivity contribution in [3.05, 3.63) is 76.1 Å². The average Bonchev–Trinajstić information content (AvgIpc) is 2.59. The molecule has 1 aliphatic rings. The van der Waals surface area contributed by atoms with Crippen LogP contribution in [0.4, 0.5) is 4.39 Å². The number of ketones is 1. The van der Waals surface area contributed by atoms with Gasteiger partial charge in [0.15, 0.2) is 17.3 Å². The Morgan fingerprint density at radius 2 is 2.12 bits per heavy atom. The molecule has 3 nitrogen and oxygen atoms in total. The lowest BCUT2D eigenvalue weighted by molar-refractivity contribution is 0.104. The molecule has 0 unspecified atom stereocenters. The van der Waals surface area contributed by atoms with E-state index in [0.29, 0.717) is 11.6 Å². The molecule has 0 saturated carbocycles. The van der Waals surface area contributed by atoms with E-state index in [1.807, 2.05) is 6.08 Å². The molecule has 0 bridgehead atoms. The first kappa shape index (κ1) is 16.3. The number of carbonyl (C=O) groups is 1. The fourth-order valence-corrected chi connectivity index (χ4v) is 2.54. The van der Waals surface area contributed by atoms with Crippen LogP contribution in [0.2, 0.25) is 5.02 Å². The third-order valence-corrected chi connectivity index (χ3v) is 3.83. The van der Waals surface area contributed by atoms with E-state index in [1.165, 1.54) is 25.3 Å². The van der Waals surface area contributed by atoms with Crippen molar-refractivity contribution >= 4 is 23.5 Å². The van der Waals surface area contributed by atoms with Gasteiger partial charge < -0.3 is 9.47 Å². The number of ether oxygens (including phenoxy) is 2. The highest BCUT2D eigenvalue weighted by molar-refractivity contribution is 6.30. The van der Waals surface area contributed by atoms with Crippen LogP contribution < -0.4 is 9.47 Å². The summed E-state index contributed by atoms with van der Waals surface area (Å²) in [6.45, 7) is 0.357. The Labute approximate surface area is 144 Å². The Morgan fingerprint density at radius 1 is 1.29 bits per heavy atom. The van der Waals surface area contributed by atoms with Crippen LogP contribution in [0.5, 0.6) is 11.5 Å². The van der Waals surface area contributed by atoms with Crippen LogP contribution in [-0.2, 0) is 0 Å². The van der Waals surface area contributed by atoms with Crippen LogP contribution in [0.1, 0.15) is 15.9 Å². The summed E-state index contributed by atoms with van der Waals surface area (Å²) >= 11 is 5.97. The number of carbonyl (C=O) groups excluding carboxylic acids is 1. The van der Waals surface area contributed by atoms with Gasteiger partial charge in [-0.1, -0.05) is 17.7 Å². The number of rotatable bonds is 4. The largest absolute Gasteiger partial charge is 0.494 e. The zero-order valence-corrected chi connectivity index (χ0v) is 13.6. The van der Waals surface area contributed by atoms with Crippen LogP contribution in [0.3, 0.4) is 0 Å². The second-order valence-corrected chi connectivity index (χ2v) is 5.67. The molecular formula is C19H14ClFO3. The van der Waals surface area contributed by atoms with Gasteiger partial charge in [0.1, 0.15) is 12.4 Å². The van der Waals surface area contributed by atoms with Gasteiger partial charge in [-0.3, -0.25) is 4.79 Å². The molecule has 0 aliphatic carbocycles. The molecule has 0 spiro atoms. The van der Waals surface area contributed by atoms with E-state index in [1.54, 1.807) is 24.3 Å². The number of fused-ring (bicyclic) bond motifs is 1. The van der Waals surface area contributed by atoms with Gasteiger partial charge in [-0.2, -0.15) is 0 Å². The number of allylic oxidation sites excluding steroid dienone is 1. The minimum Gasteiger partial charge on any atom is -0.494 e. The van der Waals surface area contributed by atoms with E-state index in [-0.39, 0.29) is 17.1 Å². The van der Waals surface area contributed by atoms with Gasteiger partial charge in [-0.25, -0.2) is 4.39 Å². The Kier molecular flexibility index (Phi) is 4.67. The van der Waals surface area contributed by atoms with Gasteiger partial charge in [-0.15, -0.1) is 0 Å². The summed E-state index contributed by atoms with van der Waals surface area (Å²) < 4.78 is 24.1. The molecule has 1 aliphatic heterocycles. The van der Waals surface area contributed by atoms with Gasteiger partial charge in [0.05, 0.1) is 7.11 Å². The maximum Gasteiger partial charge on any atom is 0.185 e. The topological polar surface area (TPSA) is 35.5 Å². The minimum atomic E-state index is -0.569. The van der Waals surface area contributed by atoms with Crippen molar-refractivity contribution in [1.29, 1.82) is 0 Å². The van der Waals surface area contributed by atoms with Crippen LogP contribution in [0.15, 0.2) is 54.1 Å². The fraction of sp³-hybridized carbons (Fsp3) is 0.105. The molecule has 5 heteroatoms. The molecule has 0 aromatic heterocycles. The lowest BCUT2D eigenvalue weighted by Gasteiger charge is -2.16. The standard InChI is InChI=1S/C19H14ClFO3/c1-23-19-6-3-13(10-16(19)21)17(22)5-2-12-8-14-9-15(20)4-7-18(14)24-11-12/h2-10H,11H2,1H3/b5-2+. The van der Waals surface area contributed by atoms with E-state index < -0.39 is 5.82 Å². The van der Waals surface area contributed by atoms with Crippen molar-refractivity contribution in [1.82, 2.24) is 0 Å². The molecule has 0 radical (unpaired) electrons. The van der Waals surface area contributed by atoms with Gasteiger partial charge in [0.25, 0.3) is 0 Å². The highest BCUT2D eigenvalue weighted by Gasteiger charge is 2.11. The number of benzene rings is 2. The lowest BCUT2D eigenvalue weighted by atomic mass is 10.1. The summed E-state index contributed by atoms with van der Waals surface area (Å²) in [5.41, 5.74) is 1.94. The van der Waals surface area contributed by atoms with Gasteiger partial charge in [-0.05, 0) is 54.1 Å². The molecule has 0 fully saturated rings. The quantitative estimate of drug-likeness (QED) is 0.595. The lowest BCUT2D eigenvalue weighted by Crippen LogP contribution is -2.06. The Hall–Kier alpha value is -2.59. The highest BCUT2D eigenvalue weighted by Crippen LogP contribution is 2.29. The number of methoxy groups -OCH3 is 1. The molecule has 0 amide bonds. The molecule has 2 aromatic rings. The second-order valence-electron chi connectivity index (χ2n) is 5.24. The smallest absolute Gasteiger partial charge is 0.185 e. The van der Waals surface area contributed by atoms with Crippen molar-refractivity contribution in [3.63, 3.8) is 0 Å². The number of halogens is 2. The molecule has 0 N–H and O–H groups in total. The predicted octanol–water partition coefficient (Wildman–Crippen LogP) is 4.70. The SMILES string of the molecule is COc1ccc(C(=O)/C=C/C2=Cc3cc(Cl)ccc3OC2)cc1F. The predicted molar refractivity (Wildman–Crippen MR) is 91.3 cm³/mol. The Balaban J connectivity index is 1.78. The second kappa shape index (κ2) is 6.89. The first-order chi connectivity index (χ1) is 11.6. The van der Waals surface area contributed by atoms with Crippen molar-refractivity contribution in [2.24, 2.45) is 0 Å². The maximum absolute atomic E-state index is 13.7. The van der Waals surface area contributed by atoms with Crippen LogP contribution in [-0.4, -0.2) is 19.5 Å². The molecule has 24 heavy (non-hydrogen) atoms. The van der Waals surface area contributed by atoms with Crippen LogP contribution in [0, 0.1) is 5.82 Å². The molecular weight excluding hydrogens is 331 g/mol. The van der Waals surface area contributed by atoms with E-state index in [2.05, 4.69) is 0 Å². The van der Waals surface area contributed by atoms with E-state index in [9.17, 15) is 9.18 Å². The monoisotopic (exact) mass is 344 g/mol. The summed E-state index contributed by atoms with van der Waals surface area (Å²) in [6, 6.07) is 9.47. The molecule has 2 aromatic carbocycles. The number of hydrogen-bond donors (Lipinski definition) is 0. The molecule has 3 rings (SSSR count). The third kappa shape index (κ3) is 3.49. The molecule has 0 saturated heterocycles. The normalized spacial score (nSPS) is 13.2. The highest BCUT2D eigenvalue weighted by atomic mass is 35.5. The number of hydrogen-bond acceptors (Lipinski definition) is 3. The summed E-state index contributed by atoms with van der Waals surface area (Å²) in [5.74, 6) is -0.0117. The third-order valence-electron chi connectivity index (χ3n) is 3.59. The first-order valence-electron chi connectivity index (χ1n) is 7.25. The van der Waals surface area contributed by atoms with Gasteiger partial charge in [0, 0.05) is 16.1 Å². The van der Waals surface area contributed by atoms with E-state index in [0.717, 1.165) is 23.0 Å². The minimum absolute atomic E-state index is 0.104. The summed E-state index contributed by atoms with van der Waals surface area (Å²) in [4.78, 5) is 12.2. The Morgan fingerprint density at radius 3 is 2.88 bits per heavy atom. The van der Waals surface area contributed by atoms with Gasteiger partial charge in [0.2, 0.25) is 0 Å².